The maximum atomic E-state index is 4.80. The molecule has 0 saturated heterocycles. The Hall–Kier alpha value is -1.18. The lowest BCUT2D eigenvalue weighted by molar-refractivity contribution is 0.286. The lowest BCUT2D eigenvalue weighted by Gasteiger charge is -2.02. The summed E-state index contributed by atoms with van der Waals surface area (Å²) in [5.41, 5.74) is 0. The molecule has 1 N–H and O–H groups in total. The van der Waals surface area contributed by atoms with E-state index in [1.54, 1.807) is 6.26 Å². The first-order valence-corrected chi connectivity index (χ1v) is 4.32. The van der Waals surface area contributed by atoms with Gasteiger partial charge in [0.1, 0.15) is 6.61 Å². The van der Waals surface area contributed by atoms with E-state index in [2.05, 4.69) is 11.4 Å². The van der Waals surface area contributed by atoms with E-state index in [1.807, 2.05) is 24.4 Å². The molecule has 0 aromatic heterocycles. The first kappa shape index (κ1) is 8.91. The molecular weight excluding hydrogens is 150 g/mol. The standard InChI is InChI=1S/C5H9N.C5H6O/c2*1-2-4-6-5-3-1/h2,4,6H,1,3,5H2;1-4H,5H2. The Balaban J connectivity index is 0.000000120. The van der Waals surface area contributed by atoms with Crippen molar-refractivity contribution in [3.05, 3.63) is 36.8 Å². The zero-order valence-electron chi connectivity index (χ0n) is 7.20. The van der Waals surface area contributed by atoms with Crippen LogP contribution in [0.3, 0.4) is 0 Å². The van der Waals surface area contributed by atoms with E-state index in [0.29, 0.717) is 0 Å². The van der Waals surface area contributed by atoms with E-state index in [0.717, 1.165) is 13.2 Å². The van der Waals surface area contributed by atoms with Crippen LogP contribution in [0.2, 0.25) is 0 Å². The lowest BCUT2D eigenvalue weighted by Crippen LogP contribution is -2.09. The van der Waals surface area contributed by atoms with Crippen molar-refractivity contribution in [1.82, 2.24) is 5.32 Å². The van der Waals surface area contributed by atoms with E-state index < -0.39 is 0 Å². The van der Waals surface area contributed by atoms with Crippen molar-refractivity contribution in [1.29, 1.82) is 0 Å². The minimum absolute atomic E-state index is 0.733. The van der Waals surface area contributed by atoms with Gasteiger partial charge in [-0.2, -0.15) is 0 Å². The van der Waals surface area contributed by atoms with Crippen molar-refractivity contribution < 1.29 is 4.74 Å². The van der Waals surface area contributed by atoms with Crippen molar-refractivity contribution in [2.45, 2.75) is 12.8 Å². The molecule has 0 aliphatic carbocycles. The van der Waals surface area contributed by atoms with Crippen LogP contribution in [0, 0.1) is 0 Å². The highest BCUT2D eigenvalue weighted by Crippen LogP contribution is 1.91. The van der Waals surface area contributed by atoms with Crippen LogP contribution in [0.1, 0.15) is 12.8 Å². The average Bonchev–Trinajstić information content (AvgIpc) is 2.24. The summed E-state index contributed by atoms with van der Waals surface area (Å²) in [6, 6.07) is 0. The maximum absolute atomic E-state index is 4.80. The first-order valence-electron chi connectivity index (χ1n) is 4.32. The van der Waals surface area contributed by atoms with Gasteiger partial charge in [-0.15, -0.1) is 0 Å². The Morgan fingerprint density at radius 3 is 2.33 bits per heavy atom. The molecule has 2 rings (SSSR count). The lowest BCUT2D eigenvalue weighted by atomic mass is 10.2. The van der Waals surface area contributed by atoms with Crippen LogP contribution in [0.15, 0.2) is 36.8 Å². The summed E-state index contributed by atoms with van der Waals surface area (Å²) in [4.78, 5) is 0. The fourth-order valence-electron chi connectivity index (χ4n) is 0.918. The highest BCUT2D eigenvalue weighted by molar-refractivity contribution is 5.02. The molecule has 0 unspecified atom stereocenters. The summed E-state index contributed by atoms with van der Waals surface area (Å²) in [5, 5.41) is 3.10. The smallest absolute Gasteiger partial charge is 0.106 e. The minimum Gasteiger partial charge on any atom is -0.497 e. The Morgan fingerprint density at radius 1 is 1.17 bits per heavy atom. The van der Waals surface area contributed by atoms with E-state index in [4.69, 9.17) is 4.74 Å². The Kier molecular flexibility index (Phi) is 4.85. The average molecular weight is 165 g/mol. The summed E-state index contributed by atoms with van der Waals surface area (Å²) in [7, 11) is 0. The zero-order chi connectivity index (χ0) is 8.49. The van der Waals surface area contributed by atoms with Crippen molar-refractivity contribution in [2.75, 3.05) is 13.2 Å². The van der Waals surface area contributed by atoms with Crippen molar-refractivity contribution in [3.8, 4) is 0 Å². The Bertz CT molecular complexity index is 162. The van der Waals surface area contributed by atoms with Crippen LogP contribution < -0.4 is 5.32 Å². The van der Waals surface area contributed by atoms with Crippen LogP contribution in [0.5, 0.6) is 0 Å². The molecule has 0 atom stereocenters. The van der Waals surface area contributed by atoms with Gasteiger partial charge in [0.05, 0.1) is 6.26 Å². The molecule has 0 fully saturated rings. The molecule has 0 spiro atoms. The molecule has 0 saturated carbocycles. The van der Waals surface area contributed by atoms with Gasteiger partial charge in [-0.3, -0.25) is 0 Å². The molecule has 0 amide bonds. The largest absolute Gasteiger partial charge is 0.497 e. The molecule has 0 bridgehead atoms. The number of allylic oxidation sites excluding steroid dienone is 3. The van der Waals surface area contributed by atoms with Gasteiger partial charge in [0.25, 0.3) is 0 Å². The summed E-state index contributed by atoms with van der Waals surface area (Å²) in [6.45, 7) is 1.90. The van der Waals surface area contributed by atoms with Gasteiger partial charge in [-0.1, -0.05) is 12.2 Å². The van der Waals surface area contributed by atoms with Gasteiger partial charge in [-0.05, 0) is 31.2 Å². The van der Waals surface area contributed by atoms with Gasteiger partial charge in [0, 0.05) is 6.54 Å². The summed E-state index contributed by atoms with van der Waals surface area (Å²) < 4.78 is 4.80. The molecule has 0 aromatic rings. The van der Waals surface area contributed by atoms with Gasteiger partial charge < -0.3 is 10.1 Å². The fourth-order valence-corrected chi connectivity index (χ4v) is 0.918. The van der Waals surface area contributed by atoms with E-state index in [-0.39, 0.29) is 0 Å². The molecule has 66 valence electrons. The Morgan fingerprint density at radius 2 is 2.17 bits per heavy atom. The van der Waals surface area contributed by atoms with Crippen molar-refractivity contribution in [3.63, 3.8) is 0 Å². The van der Waals surface area contributed by atoms with E-state index in [1.165, 1.54) is 12.8 Å². The topological polar surface area (TPSA) is 21.3 Å². The number of nitrogens with one attached hydrogen (secondary N) is 1. The highest BCUT2D eigenvalue weighted by atomic mass is 16.5. The van der Waals surface area contributed by atoms with Crippen LogP contribution in [-0.4, -0.2) is 13.2 Å². The second-order valence-corrected chi connectivity index (χ2v) is 2.59. The van der Waals surface area contributed by atoms with Crippen LogP contribution in [-0.2, 0) is 4.74 Å². The summed E-state index contributed by atoms with van der Waals surface area (Å²) in [6.07, 6.45) is 14.2. The van der Waals surface area contributed by atoms with Gasteiger partial charge >= 0.3 is 0 Å². The van der Waals surface area contributed by atoms with Gasteiger partial charge in [-0.25, -0.2) is 0 Å². The van der Waals surface area contributed by atoms with Crippen LogP contribution in [0.25, 0.3) is 0 Å². The van der Waals surface area contributed by atoms with Gasteiger partial charge in [0.2, 0.25) is 0 Å². The van der Waals surface area contributed by atoms with Crippen molar-refractivity contribution in [2.24, 2.45) is 0 Å². The molecule has 2 nitrogen and oxygen atoms in total. The quantitative estimate of drug-likeness (QED) is 0.592. The van der Waals surface area contributed by atoms with Crippen LogP contribution >= 0.6 is 0 Å². The maximum Gasteiger partial charge on any atom is 0.106 e. The number of hydrogen-bond acceptors (Lipinski definition) is 2. The van der Waals surface area contributed by atoms with Crippen molar-refractivity contribution >= 4 is 0 Å². The first-order chi connectivity index (χ1) is 6.00. The van der Waals surface area contributed by atoms with E-state index in [9.17, 15) is 0 Å². The SMILES string of the molecule is C1=CCOC=C1.C1=CNCCC1. The van der Waals surface area contributed by atoms with Crippen LogP contribution in [0.4, 0.5) is 0 Å². The number of rotatable bonds is 0. The molecule has 2 heterocycles. The third-order valence-corrected chi connectivity index (χ3v) is 1.54. The fraction of sp³-hybridized carbons (Fsp3) is 0.400. The molecule has 2 aliphatic rings. The molecule has 0 aromatic carbocycles. The molecular formula is C10H15NO. The molecule has 12 heavy (non-hydrogen) atoms. The zero-order valence-corrected chi connectivity index (χ0v) is 7.20. The minimum atomic E-state index is 0.733. The predicted octanol–water partition coefficient (Wildman–Crippen LogP) is 1.97. The van der Waals surface area contributed by atoms with Gasteiger partial charge in [0.15, 0.2) is 0 Å². The second-order valence-electron chi connectivity index (χ2n) is 2.59. The monoisotopic (exact) mass is 165 g/mol. The van der Waals surface area contributed by atoms with E-state index >= 15 is 0 Å². The number of hydrogen-bond donors (Lipinski definition) is 1. The molecule has 2 heteroatoms. The normalized spacial score (nSPS) is 18.7. The third-order valence-electron chi connectivity index (χ3n) is 1.54. The molecule has 2 aliphatic heterocycles. The highest BCUT2D eigenvalue weighted by Gasteiger charge is 1.84. The predicted molar refractivity (Wildman–Crippen MR) is 50.6 cm³/mol. The Labute approximate surface area is 73.6 Å². The molecule has 0 radical (unpaired) electrons. The summed E-state index contributed by atoms with van der Waals surface area (Å²) in [5.74, 6) is 0. The summed E-state index contributed by atoms with van der Waals surface area (Å²) >= 11 is 0. The number of ether oxygens (including phenoxy) is 1. The second kappa shape index (κ2) is 6.53. The third kappa shape index (κ3) is 4.61.